The van der Waals surface area contributed by atoms with Crippen LogP contribution >= 0.6 is 15.9 Å². The van der Waals surface area contributed by atoms with Gasteiger partial charge in [0, 0.05) is 22.6 Å². The second kappa shape index (κ2) is 6.59. The molecule has 3 aromatic rings. The van der Waals surface area contributed by atoms with Gasteiger partial charge in [-0.05, 0) is 37.3 Å². The first-order valence-electron chi connectivity index (χ1n) is 8.23. The van der Waals surface area contributed by atoms with E-state index in [0.29, 0.717) is 16.7 Å². The van der Waals surface area contributed by atoms with Crippen LogP contribution in [0.1, 0.15) is 39.2 Å². The first kappa shape index (κ1) is 17.6. The van der Waals surface area contributed by atoms with E-state index in [9.17, 15) is 4.79 Å². The SMILES string of the molecule is CCn1cccc1C=Nn1c(C(C)(C)C)nc2ccc(Br)cc2c1=O. The van der Waals surface area contributed by atoms with E-state index in [0.717, 1.165) is 16.7 Å². The van der Waals surface area contributed by atoms with E-state index < -0.39 is 0 Å². The molecule has 0 atom stereocenters. The van der Waals surface area contributed by atoms with Crippen LogP contribution in [0.25, 0.3) is 10.9 Å². The summed E-state index contributed by atoms with van der Waals surface area (Å²) in [5.74, 6) is 0.637. The van der Waals surface area contributed by atoms with E-state index in [1.807, 2.05) is 51.2 Å². The maximum absolute atomic E-state index is 13.0. The Labute approximate surface area is 155 Å². The van der Waals surface area contributed by atoms with Crippen molar-refractivity contribution in [2.45, 2.75) is 39.7 Å². The van der Waals surface area contributed by atoms with Crippen molar-refractivity contribution in [3.05, 3.63) is 62.9 Å². The van der Waals surface area contributed by atoms with Crippen LogP contribution in [0.4, 0.5) is 0 Å². The molecule has 6 heteroatoms. The number of benzene rings is 1. The van der Waals surface area contributed by atoms with E-state index in [2.05, 4.69) is 32.5 Å². The molecule has 3 rings (SSSR count). The highest BCUT2D eigenvalue weighted by molar-refractivity contribution is 9.10. The summed E-state index contributed by atoms with van der Waals surface area (Å²) in [5.41, 5.74) is 1.15. The topological polar surface area (TPSA) is 52.2 Å². The summed E-state index contributed by atoms with van der Waals surface area (Å²) in [6, 6.07) is 9.47. The fourth-order valence-corrected chi connectivity index (χ4v) is 3.05. The summed E-state index contributed by atoms with van der Waals surface area (Å²) in [6.07, 6.45) is 3.70. The minimum Gasteiger partial charge on any atom is -0.347 e. The Bertz CT molecular complexity index is 1010. The molecule has 0 bridgehead atoms. The van der Waals surface area contributed by atoms with Crippen LogP contribution in [-0.4, -0.2) is 20.4 Å². The molecule has 25 heavy (non-hydrogen) atoms. The second-order valence-corrected chi connectivity index (χ2v) is 7.84. The van der Waals surface area contributed by atoms with Crippen molar-refractivity contribution in [3.8, 4) is 0 Å². The van der Waals surface area contributed by atoms with Crippen molar-refractivity contribution >= 4 is 33.0 Å². The molecule has 0 fully saturated rings. The van der Waals surface area contributed by atoms with Gasteiger partial charge in [-0.1, -0.05) is 36.7 Å². The molecule has 0 aliphatic heterocycles. The molecule has 130 valence electrons. The molecule has 2 heterocycles. The maximum Gasteiger partial charge on any atom is 0.282 e. The number of aryl methyl sites for hydroxylation is 1. The zero-order valence-electron chi connectivity index (χ0n) is 14.8. The van der Waals surface area contributed by atoms with Gasteiger partial charge in [0.25, 0.3) is 5.56 Å². The Balaban J connectivity index is 2.24. The maximum atomic E-state index is 13.0. The molecule has 0 saturated heterocycles. The highest BCUT2D eigenvalue weighted by atomic mass is 79.9. The first-order valence-corrected chi connectivity index (χ1v) is 9.03. The lowest BCUT2D eigenvalue weighted by molar-refractivity contribution is 0.506. The van der Waals surface area contributed by atoms with Crippen LogP contribution in [0.15, 0.2) is 50.9 Å². The van der Waals surface area contributed by atoms with E-state index in [1.54, 1.807) is 12.3 Å². The van der Waals surface area contributed by atoms with Gasteiger partial charge in [0.1, 0.15) is 5.82 Å². The van der Waals surface area contributed by atoms with Crippen LogP contribution in [0.3, 0.4) is 0 Å². The average molecular weight is 401 g/mol. The number of halogens is 1. The van der Waals surface area contributed by atoms with Crippen molar-refractivity contribution in [2.24, 2.45) is 5.10 Å². The van der Waals surface area contributed by atoms with Crippen LogP contribution in [0.2, 0.25) is 0 Å². The van der Waals surface area contributed by atoms with Crippen LogP contribution < -0.4 is 5.56 Å². The van der Waals surface area contributed by atoms with Crippen LogP contribution in [0, 0.1) is 0 Å². The van der Waals surface area contributed by atoms with Crippen LogP contribution in [-0.2, 0) is 12.0 Å². The molecule has 1 aromatic carbocycles. The highest BCUT2D eigenvalue weighted by Gasteiger charge is 2.22. The van der Waals surface area contributed by atoms with Gasteiger partial charge in [0.05, 0.1) is 22.8 Å². The third-order valence-electron chi connectivity index (χ3n) is 3.99. The summed E-state index contributed by atoms with van der Waals surface area (Å²) in [7, 11) is 0. The standard InChI is InChI=1S/C19H21BrN4O/c1-5-23-10-6-7-14(23)12-21-24-17(25)15-11-13(20)8-9-16(15)22-18(24)19(2,3)4/h6-12H,5H2,1-4H3. The van der Waals surface area contributed by atoms with Crippen molar-refractivity contribution in [2.75, 3.05) is 0 Å². The molecule has 0 aliphatic carbocycles. The predicted molar refractivity (Wildman–Crippen MR) is 106 cm³/mol. The normalized spacial score (nSPS) is 12.4. The lowest BCUT2D eigenvalue weighted by Gasteiger charge is -2.20. The van der Waals surface area contributed by atoms with Crippen molar-refractivity contribution in [1.29, 1.82) is 0 Å². The van der Waals surface area contributed by atoms with E-state index >= 15 is 0 Å². The Morgan fingerprint density at radius 1 is 1.28 bits per heavy atom. The van der Waals surface area contributed by atoms with E-state index in [4.69, 9.17) is 4.98 Å². The number of aromatic nitrogens is 3. The number of hydrogen-bond acceptors (Lipinski definition) is 3. The van der Waals surface area contributed by atoms with Gasteiger partial charge < -0.3 is 4.57 Å². The molecular weight excluding hydrogens is 380 g/mol. The number of fused-ring (bicyclic) bond motifs is 1. The number of hydrogen-bond donors (Lipinski definition) is 0. The number of nitrogens with zero attached hydrogens (tertiary/aromatic N) is 4. The summed E-state index contributed by atoms with van der Waals surface area (Å²) in [5, 5.41) is 5.03. The van der Waals surface area contributed by atoms with Crippen molar-refractivity contribution in [3.63, 3.8) is 0 Å². The molecule has 5 nitrogen and oxygen atoms in total. The van der Waals surface area contributed by atoms with Crippen molar-refractivity contribution in [1.82, 2.24) is 14.2 Å². The third-order valence-corrected chi connectivity index (χ3v) is 4.48. The molecule has 0 radical (unpaired) electrons. The third kappa shape index (κ3) is 3.44. The van der Waals surface area contributed by atoms with E-state index in [1.165, 1.54) is 4.68 Å². The molecular formula is C19H21BrN4O. The van der Waals surface area contributed by atoms with Gasteiger partial charge in [-0.2, -0.15) is 9.78 Å². The van der Waals surface area contributed by atoms with Gasteiger partial charge in [-0.3, -0.25) is 4.79 Å². The molecule has 0 unspecified atom stereocenters. The summed E-state index contributed by atoms with van der Waals surface area (Å²) in [6.45, 7) is 9.00. The fourth-order valence-electron chi connectivity index (χ4n) is 2.69. The van der Waals surface area contributed by atoms with Gasteiger partial charge >= 0.3 is 0 Å². The lowest BCUT2D eigenvalue weighted by atomic mass is 9.95. The summed E-state index contributed by atoms with van der Waals surface area (Å²) < 4.78 is 4.33. The Kier molecular flexibility index (Phi) is 4.64. The summed E-state index contributed by atoms with van der Waals surface area (Å²) >= 11 is 3.42. The minimum atomic E-state index is -0.315. The minimum absolute atomic E-state index is 0.165. The van der Waals surface area contributed by atoms with Gasteiger partial charge in [0.15, 0.2) is 0 Å². The predicted octanol–water partition coefficient (Wildman–Crippen LogP) is 4.16. The van der Waals surface area contributed by atoms with Crippen molar-refractivity contribution < 1.29 is 0 Å². The zero-order chi connectivity index (χ0) is 18.2. The quantitative estimate of drug-likeness (QED) is 0.619. The highest BCUT2D eigenvalue weighted by Crippen LogP contribution is 2.22. The monoisotopic (exact) mass is 400 g/mol. The lowest BCUT2D eigenvalue weighted by Crippen LogP contribution is -2.29. The smallest absolute Gasteiger partial charge is 0.282 e. The number of rotatable bonds is 3. The Morgan fingerprint density at radius 2 is 2.04 bits per heavy atom. The largest absolute Gasteiger partial charge is 0.347 e. The Hall–Kier alpha value is -2.21. The van der Waals surface area contributed by atoms with Crippen LogP contribution in [0.5, 0.6) is 0 Å². The fraction of sp³-hybridized carbons (Fsp3) is 0.316. The molecule has 0 N–H and O–H groups in total. The zero-order valence-corrected chi connectivity index (χ0v) is 16.4. The molecule has 0 amide bonds. The summed E-state index contributed by atoms with van der Waals surface area (Å²) in [4.78, 5) is 17.8. The molecule has 2 aromatic heterocycles. The average Bonchev–Trinajstić information content (AvgIpc) is 3.01. The first-order chi connectivity index (χ1) is 11.8. The molecule has 0 spiro atoms. The molecule has 0 saturated carbocycles. The van der Waals surface area contributed by atoms with Gasteiger partial charge in [-0.15, -0.1) is 0 Å². The Morgan fingerprint density at radius 3 is 2.72 bits per heavy atom. The second-order valence-electron chi connectivity index (χ2n) is 6.93. The van der Waals surface area contributed by atoms with E-state index in [-0.39, 0.29) is 11.0 Å². The van der Waals surface area contributed by atoms with Gasteiger partial charge in [0.2, 0.25) is 0 Å². The van der Waals surface area contributed by atoms with Gasteiger partial charge in [-0.25, -0.2) is 4.98 Å². The molecule has 0 aliphatic rings.